The van der Waals surface area contributed by atoms with E-state index in [1.54, 1.807) is 0 Å². The van der Waals surface area contributed by atoms with E-state index in [1.807, 2.05) is 0 Å². The fourth-order valence-corrected chi connectivity index (χ4v) is 7.68. The van der Waals surface area contributed by atoms with Crippen LogP contribution in [0.3, 0.4) is 0 Å². The van der Waals surface area contributed by atoms with Gasteiger partial charge in [-0.25, -0.2) is 12.8 Å². The van der Waals surface area contributed by atoms with Gasteiger partial charge in [0.15, 0.2) is 0 Å². The number of anilines is 1. The topological polar surface area (TPSA) is 61.2 Å². The van der Waals surface area contributed by atoms with E-state index in [2.05, 4.69) is 0 Å². The molecule has 4 nitrogen and oxygen atoms in total. The molecule has 9 heteroatoms. The first-order chi connectivity index (χ1) is 12.0. The van der Waals surface area contributed by atoms with E-state index in [1.165, 1.54) is 19.1 Å². The fourth-order valence-electron chi connectivity index (χ4n) is 5.18. The maximum Gasteiger partial charge on any atom is 0.417 e. The Morgan fingerprint density at radius 3 is 2.58 bits per heavy atom. The van der Waals surface area contributed by atoms with E-state index in [9.17, 15) is 26.0 Å². The van der Waals surface area contributed by atoms with Gasteiger partial charge in [0.05, 0.1) is 27.6 Å². The molecule has 0 unspecified atom stereocenters. The van der Waals surface area contributed by atoms with Crippen LogP contribution in [-0.4, -0.2) is 25.9 Å². The van der Waals surface area contributed by atoms with Crippen LogP contribution in [0.15, 0.2) is 18.2 Å². The second-order valence-electron chi connectivity index (χ2n) is 7.52. The maximum absolute atomic E-state index is 14.2. The largest absolute Gasteiger partial charge is 0.417 e. The number of fused-ring (bicyclic) bond motifs is 5. The molecular weight excluding hydrogens is 372 g/mol. The molecule has 2 aliphatic carbocycles. The molecule has 1 aromatic rings. The van der Waals surface area contributed by atoms with Crippen molar-refractivity contribution in [3.63, 3.8) is 0 Å². The Hall–Kier alpha value is -1.82. The van der Waals surface area contributed by atoms with Crippen molar-refractivity contribution >= 4 is 15.7 Å². The number of benzene rings is 1. The summed E-state index contributed by atoms with van der Waals surface area (Å²) < 4.78 is 79.9. The Balaban J connectivity index is 1.81. The first kappa shape index (κ1) is 17.6. The molecule has 0 aromatic heterocycles. The molecule has 3 aliphatic rings. The minimum absolute atomic E-state index is 0.0515. The molecule has 0 amide bonds. The zero-order valence-corrected chi connectivity index (χ0v) is 14.6. The Kier molecular flexibility index (Phi) is 3.47. The smallest absolute Gasteiger partial charge is 0.269 e. The van der Waals surface area contributed by atoms with Crippen molar-refractivity contribution in [2.75, 3.05) is 10.8 Å². The summed E-state index contributed by atoms with van der Waals surface area (Å²) in [6, 6.07) is 4.38. The minimum atomic E-state index is -4.77. The molecule has 3 fully saturated rings. The molecular formula is C17H16F4N2O2S. The highest BCUT2D eigenvalue weighted by molar-refractivity contribution is 7.94. The van der Waals surface area contributed by atoms with Gasteiger partial charge in [-0.05, 0) is 43.9 Å². The Labute approximate surface area is 148 Å². The summed E-state index contributed by atoms with van der Waals surface area (Å²) in [6.07, 6.45) is -5.14. The Morgan fingerprint density at radius 2 is 1.96 bits per heavy atom. The second kappa shape index (κ2) is 5.12. The van der Waals surface area contributed by atoms with Gasteiger partial charge in [0.25, 0.3) is 0 Å². The van der Waals surface area contributed by atoms with Gasteiger partial charge in [-0.15, -0.1) is 0 Å². The predicted octanol–water partition coefficient (Wildman–Crippen LogP) is 3.48. The van der Waals surface area contributed by atoms with Crippen LogP contribution in [0.5, 0.6) is 0 Å². The van der Waals surface area contributed by atoms with E-state index in [4.69, 9.17) is 5.26 Å². The van der Waals surface area contributed by atoms with E-state index in [0.29, 0.717) is 18.9 Å². The maximum atomic E-state index is 14.2. The van der Waals surface area contributed by atoms with Crippen molar-refractivity contribution < 1.29 is 26.0 Å². The summed E-state index contributed by atoms with van der Waals surface area (Å²) in [4.78, 5) is 0. The summed E-state index contributed by atoms with van der Waals surface area (Å²) in [5.41, 5.74) is -1.85. The first-order valence-corrected chi connectivity index (χ1v) is 9.73. The Bertz CT molecular complexity index is 924. The Morgan fingerprint density at radius 1 is 1.27 bits per heavy atom. The second-order valence-corrected chi connectivity index (χ2v) is 9.79. The number of alkyl halides is 4. The zero-order chi connectivity index (χ0) is 19.1. The molecule has 1 aromatic carbocycles. The molecule has 5 atom stereocenters. The third-order valence-electron chi connectivity index (χ3n) is 6.49. The standard InChI is InChI=1S/C17H16F4N2O2S/c1-16-13-4-10(5-15(13)18)14(16)8-23(26(16,24)25)11-3-2-9(7-22)12(6-11)17(19,20)21/h2-3,6,10,13-15H,4-5,8H2,1H3/t10-,13-,14-,15-,16+/m1/s1. The van der Waals surface area contributed by atoms with Gasteiger partial charge < -0.3 is 0 Å². The zero-order valence-electron chi connectivity index (χ0n) is 13.8. The summed E-state index contributed by atoms with van der Waals surface area (Å²) in [5.74, 6) is -0.984. The number of hydrogen-bond acceptors (Lipinski definition) is 3. The van der Waals surface area contributed by atoms with Gasteiger partial charge in [0, 0.05) is 18.4 Å². The van der Waals surface area contributed by atoms with Gasteiger partial charge >= 0.3 is 6.18 Å². The van der Waals surface area contributed by atoms with Crippen molar-refractivity contribution in [3.05, 3.63) is 29.3 Å². The molecule has 0 N–H and O–H groups in total. The van der Waals surface area contributed by atoms with Crippen molar-refractivity contribution in [2.45, 2.75) is 36.9 Å². The normalized spacial score (nSPS) is 37.6. The van der Waals surface area contributed by atoms with Crippen molar-refractivity contribution in [3.8, 4) is 6.07 Å². The molecule has 2 bridgehead atoms. The van der Waals surface area contributed by atoms with Crippen LogP contribution in [0, 0.1) is 29.1 Å². The van der Waals surface area contributed by atoms with E-state index < -0.39 is 44.2 Å². The van der Waals surface area contributed by atoms with Crippen LogP contribution in [0.1, 0.15) is 30.9 Å². The van der Waals surface area contributed by atoms with Crippen LogP contribution in [0.4, 0.5) is 23.2 Å². The molecule has 4 rings (SSSR count). The summed E-state index contributed by atoms with van der Waals surface area (Å²) in [6.45, 7) is 1.58. The molecule has 0 spiro atoms. The van der Waals surface area contributed by atoms with Crippen molar-refractivity contribution in [1.29, 1.82) is 5.26 Å². The van der Waals surface area contributed by atoms with E-state index in [-0.39, 0.29) is 24.1 Å². The summed E-state index contributed by atoms with van der Waals surface area (Å²) in [5, 5.41) is 8.90. The molecule has 1 heterocycles. The van der Waals surface area contributed by atoms with E-state index in [0.717, 1.165) is 10.4 Å². The number of hydrogen-bond donors (Lipinski definition) is 0. The van der Waals surface area contributed by atoms with Crippen LogP contribution >= 0.6 is 0 Å². The fraction of sp³-hybridized carbons (Fsp3) is 0.588. The van der Waals surface area contributed by atoms with Crippen molar-refractivity contribution in [1.82, 2.24) is 0 Å². The van der Waals surface area contributed by atoms with Gasteiger partial charge in [-0.3, -0.25) is 4.31 Å². The van der Waals surface area contributed by atoms with Crippen LogP contribution in [0.25, 0.3) is 0 Å². The molecule has 26 heavy (non-hydrogen) atoms. The van der Waals surface area contributed by atoms with Gasteiger partial charge in [-0.1, -0.05) is 0 Å². The highest BCUT2D eigenvalue weighted by atomic mass is 32.2. The highest BCUT2D eigenvalue weighted by Gasteiger charge is 2.71. The third kappa shape index (κ3) is 2.02. The lowest BCUT2D eigenvalue weighted by Crippen LogP contribution is -2.48. The minimum Gasteiger partial charge on any atom is -0.269 e. The number of nitriles is 1. The first-order valence-electron chi connectivity index (χ1n) is 8.29. The SMILES string of the molecule is C[C@]12[C@H](CN(c3ccc(C#N)c(C(F)(F)F)c3)S1(=O)=O)[C@H]1C[C@@H](F)[C@H]2C1. The van der Waals surface area contributed by atoms with Gasteiger partial charge in [-0.2, -0.15) is 18.4 Å². The van der Waals surface area contributed by atoms with Crippen LogP contribution < -0.4 is 4.31 Å². The van der Waals surface area contributed by atoms with Gasteiger partial charge in [0.1, 0.15) is 6.17 Å². The number of nitrogens with zero attached hydrogens (tertiary/aromatic N) is 2. The van der Waals surface area contributed by atoms with Crippen LogP contribution in [-0.2, 0) is 16.2 Å². The van der Waals surface area contributed by atoms with Gasteiger partial charge in [0.2, 0.25) is 10.0 Å². The number of sulfonamides is 1. The quantitative estimate of drug-likeness (QED) is 0.692. The number of rotatable bonds is 1. The average molecular weight is 388 g/mol. The summed E-state index contributed by atoms with van der Waals surface area (Å²) >= 11 is 0. The molecule has 1 aliphatic heterocycles. The predicted molar refractivity (Wildman–Crippen MR) is 85.4 cm³/mol. The average Bonchev–Trinajstić information content (AvgIpc) is 3.13. The third-order valence-corrected chi connectivity index (χ3v) is 9.15. The lowest BCUT2D eigenvalue weighted by Gasteiger charge is -2.35. The van der Waals surface area contributed by atoms with Crippen LogP contribution in [0.2, 0.25) is 0 Å². The summed E-state index contributed by atoms with van der Waals surface area (Å²) in [7, 11) is -4.02. The molecule has 2 saturated carbocycles. The monoisotopic (exact) mass is 388 g/mol. The lowest BCUT2D eigenvalue weighted by atomic mass is 9.79. The molecule has 140 valence electrons. The number of halogens is 4. The molecule has 0 radical (unpaired) electrons. The highest BCUT2D eigenvalue weighted by Crippen LogP contribution is 2.63. The van der Waals surface area contributed by atoms with Crippen molar-refractivity contribution in [2.24, 2.45) is 17.8 Å². The van der Waals surface area contributed by atoms with E-state index >= 15 is 0 Å². The lowest BCUT2D eigenvalue weighted by molar-refractivity contribution is -0.137. The molecule has 1 saturated heterocycles.